The molecule has 4 rings (SSSR count). The summed E-state index contributed by atoms with van der Waals surface area (Å²) < 4.78 is 13.3. The van der Waals surface area contributed by atoms with Gasteiger partial charge in [-0.25, -0.2) is 4.98 Å². The summed E-state index contributed by atoms with van der Waals surface area (Å²) in [5, 5.41) is 5.40. The number of ether oxygens (including phenoxy) is 2. The molecule has 0 N–H and O–H groups in total. The molecule has 0 unspecified atom stereocenters. The predicted octanol–water partition coefficient (Wildman–Crippen LogP) is 4.64. The van der Waals surface area contributed by atoms with Gasteiger partial charge in [0.15, 0.2) is 5.65 Å². The van der Waals surface area contributed by atoms with Crippen molar-refractivity contribution in [1.29, 1.82) is 0 Å². The van der Waals surface area contributed by atoms with E-state index >= 15 is 0 Å². The fourth-order valence-electron chi connectivity index (χ4n) is 3.58. The van der Waals surface area contributed by atoms with Crippen molar-refractivity contribution in [2.24, 2.45) is 0 Å². The van der Waals surface area contributed by atoms with Gasteiger partial charge in [0.1, 0.15) is 5.75 Å². The summed E-state index contributed by atoms with van der Waals surface area (Å²) in [4.78, 5) is 4.94. The molecule has 5 nitrogen and oxygen atoms in total. The van der Waals surface area contributed by atoms with E-state index in [9.17, 15) is 0 Å². The van der Waals surface area contributed by atoms with Gasteiger partial charge in [0.25, 0.3) is 0 Å². The van der Waals surface area contributed by atoms with Gasteiger partial charge in [0.2, 0.25) is 5.88 Å². The van der Waals surface area contributed by atoms with Gasteiger partial charge in [-0.15, -0.1) is 0 Å². The minimum atomic E-state index is 0.655. The second-order valence-electron chi connectivity index (χ2n) is 6.59. The lowest BCUT2D eigenvalue weighted by molar-refractivity contribution is 0.293. The molecule has 0 fully saturated rings. The van der Waals surface area contributed by atoms with Crippen LogP contribution in [-0.2, 0) is 12.8 Å². The van der Waals surface area contributed by atoms with E-state index in [2.05, 4.69) is 6.92 Å². The van der Waals surface area contributed by atoms with Crippen molar-refractivity contribution in [3.8, 4) is 22.8 Å². The molecule has 1 aliphatic rings. The number of halogens is 1. The fourth-order valence-corrected chi connectivity index (χ4v) is 3.79. The van der Waals surface area contributed by atoms with Crippen LogP contribution in [0.1, 0.15) is 36.7 Å². The maximum atomic E-state index is 6.51. The smallest absolute Gasteiger partial charge is 0.221 e. The molecule has 0 saturated carbocycles. The van der Waals surface area contributed by atoms with Crippen LogP contribution in [0.25, 0.3) is 16.8 Å². The summed E-state index contributed by atoms with van der Waals surface area (Å²) >= 11 is 6.51. The van der Waals surface area contributed by atoms with Crippen molar-refractivity contribution in [2.75, 3.05) is 13.7 Å². The molecule has 0 atom stereocenters. The molecule has 26 heavy (non-hydrogen) atoms. The first kappa shape index (κ1) is 17.2. The molecule has 0 aliphatic heterocycles. The van der Waals surface area contributed by atoms with Gasteiger partial charge in [0, 0.05) is 16.1 Å². The van der Waals surface area contributed by atoms with Crippen LogP contribution in [0, 0.1) is 6.92 Å². The molecular weight excluding hydrogens is 350 g/mol. The Morgan fingerprint density at radius 1 is 1.27 bits per heavy atom. The molecule has 1 aromatic carbocycles. The van der Waals surface area contributed by atoms with Crippen LogP contribution in [-0.4, -0.2) is 28.3 Å². The summed E-state index contributed by atoms with van der Waals surface area (Å²) in [7, 11) is 1.65. The van der Waals surface area contributed by atoms with E-state index in [1.165, 1.54) is 5.56 Å². The second kappa shape index (κ2) is 6.80. The van der Waals surface area contributed by atoms with Crippen LogP contribution in [0.15, 0.2) is 18.2 Å². The largest absolute Gasteiger partial charge is 0.497 e. The van der Waals surface area contributed by atoms with Gasteiger partial charge >= 0.3 is 0 Å². The van der Waals surface area contributed by atoms with Crippen molar-refractivity contribution in [3.05, 3.63) is 40.2 Å². The van der Waals surface area contributed by atoms with E-state index in [0.29, 0.717) is 11.6 Å². The maximum Gasteiger partial charge on any atom is 0.221 e. The first-order valence-corrected chi connectivity index (χ1v) is 9.39. The van der Waals surface area contributed by atoms with Crippen LogP contribution in [0.4, 0.5) is 0 Å². The summed E-state index contributed by atoms with van der Waals surface area (Å²) in [6, 6.07) is 5.64. The number of rotatable bonds is 5. The van der Waals surface area contributed by atoms with Gasteiger partial charge in [-0.3, -0.25) is 0 Å². The van der Waals surface area contributed by atoms with E-state index in [4.69, 9.17) is 31.2 Å². The summed E-state index contributed by atoms with van der Waals surface area (Å²) in [5.41, 5.74) is 5.79. The third-order valence-electron chi connectivity index (χ3n) is 4.80. The van der Waals surface area contributed by atoms with E-state index in [0.717, 1.165) is 65.5 Å². The Morgan fingerprint density at radius 2 is 2.12 bits per heavy atom. The van der Waals surface area contributed by atoms with Crippen LogP contribution < -0.4 is 9.47 Å². The number of aryl methyl sites for hydroxylation is 2. The molecule has 0 radical (unpaired) electrons. The lowest BCUT2D eigenvalue weighted by Crippen LogP contribution is -2.07. The van der Waals surface area contributed by atoms with Gasteiger partial charge < -0.3 is 9.47 Å². The molecule has 0 amide bonds. The van der Waals surface area contributed by atoms with Gasteiger partial charge in [-0.2, -0.15) is 9.61 Å². The highest BCUT2D eigenvalue weighted by Crippen LogP contribution is 2.39. The first-order chi connectivity index (χ1) is 12.6. The minimum absolute atomic E-state index is 0.655. The summed E-state index contributed by atoms with van der Waals surface area (Å²) in [5.74, 6) is 1.59. The van der Waals surface area contributed by atoms with Crippen molar-refractivity contribution >= 4 is 17.2 Å². The van der Waals surface area contributed by atoms with Crippen molar-refractivity contribution in [1.82, 2.24) is 14.6 Å². The van der Waals surface area contributed by atoms with Crippen molar-refractivity contribution < 1.29 is 9.47 Å². The van der Waals surface area contributed by atoms with E-state index in [1.54, 1.807) is 7.11 Å². The third kappa shape index (κ3) is 2.71. The number of benzene rings is 1. The molecule has 2 aromatic heterocycles. The number of fused-ring (bicyclic) bond motifs is 2. The number of methoxy groups -OCH3 is 1. The van der Waals surface area contributed by atoms with Crippen LogP contribution in [0.2, 0.25) is 5.02 Å². The number of hydrogen-bond acceptors (Lipinski definition) is 4. The number of aromatic nitrogens is 3. The summed E-state index contributed by atoms with van der Waals surface area (Å²) in [6.07, 6.45) is 4.02. The molecule has 6 heteroatoms. The van der Waals surface area contributed by atoms with E-state index in [1.807, 2.05) is 29.6 Å². The fraction of sp³-hybridized carbons (Fsp3) is 0.400. The maximum absolute atomic E-state index is 6.51. The Morgan fingerprint density at radius 3 is 2.88 bits per heavy atom. The number of nitrogens with zero attached hydrogens (tertiary/aromatic N) is 3. The average molecular weight is 372 g/mol. The molecule has 0 spiro atoms. The van der Waals surface area contributed by atoms with Crippen LogP contribution in [0.5, 0.6) is 11.6 Å². The van der Waals surface area contributed by atoms with Gasteiger partial charge in [0.05, 0.1) is 30.7 Å². The molecule has 136 valence electrons. The van der Waals surface area contributed by atoms with Crippen molar-refractivity contribution in [2.45, 2.75) is 39.5 Å². The zero-order chi connectivity index (χ0) is 18.3. The average Bonchev–Trinajstić information content (AvgIpc) is 3.23. The van der Waals surface area contributed by atoms with Crippen LogP contribution >= 0.6 is 11.6 Å². The molecule has 2 heterocycles. The zero-order valence-electron chi connectivity index (χ0n) is 15.3. The molecule has 0 bridgehead atoms. The Labute approximate surface area is 157 Å². The lowest BCUT2D eigenvalue weighted by Gasteiger charge is -2.12. The standard InChI is InChI=1S/C20H22ClN3O2/c1-4-10-26-20-14-6-5-7-17(14)22-19-18(12(2)23-24(19)20)15-11-13(25-3)8-9-16(15)21/h8-9,11H,4-7,10H2,1-3H3. The zero-order valence-corrected chi connectivity index (χ0v) is 16.1. The third-order valence-corrected chi connectivity index (χ3v) is 5.13. The normalized spacial score (nSPS) is 13.2. The SMILES string of the molecule is CCCOc1c2c(nc3c(-c4cc(OC)ccc4Cl)c(C)nn13)CCC2. The number of hydrogen-bond donors (Lipinski definition) is 0. The molecule has 0 saturated heterocycles. The summed E-state index contributed by atoms with van der Waals surface area (Å²) in [6.45, 7) is 4.75. The molecule has 1 aliphatic carbocycles. The topological polar surface area (TPSA) is 48.7 Å². The highest BCUT2D eigenvalue weighted by molar-refractivity contribution is 6.33. The Hall–Kier alpha value is -2.27. The molecular formula is C20H22ClN3O2. The Kier molecular flexibility index (Phi) is 4.49. The quantitative estimate of drug-likeness (QED) is 0.655. The highest BCUT2D eigenvalue weighted by Gasteiger charge is 2.25. The van der Waals surface area contributed by atoms with Gasteiger partial charge in [-0.05, 0) is 50.8 Å². The monoisotopic (exact) mass is 371 g/mol. The highest BCUT2D eigenvalue weighted by atomic mass is 35.5. The van der Waals surface area contributed by atoms with E-state index < -0.39 is 0 Å². The second-order valence-corrected chi connectivity index (χ2v) is 6.99. The molecule has 3 aromatic rings. The van der Waals surface area contributed by atoms with Gasteiger partial charge in [-0.1, -0.05) is 18.5 Å². The minimum Gasteiger partial charge on any atom is -0.497 e. The first-order valence-electron chi connectivity index (χ1n) is 9.01. The van der Waals surface area contributed by atoms with Crippen LogP contribution in [0.3, 0.4) is 0 Å². The van der Waals surface area contributed by atoms with Crippen molar-refractivity contribution in [3.63, 3.8) is 0 Å². The Balaban J connectivity index is 1.99. The predicted molar refractivity (Wildman–Crippen MR) is 103 cm³/mol. The lowest BCUT2D eigenvalue weighted by atomic mass is 10.1. The van der Waals surface area contributed by atoms with E-state index in [-0.39, 0.29) is 0 Å². The Bertz CT molecular complexity index is 981.